The summed E-state index contributed by atoms with van der Waals surface area (Å²) in [5.74, 6) is 0.0191. The molecule has 0 saturated carbocycles. The predicted octanol–water partition coefficient (Wildman–Crippen LogP) is 4.77. The SMILES string of the molecule is CC(=O)Nc1c[nH]c2ccc(CCOc3cccc(C(F)(F)F)c3)cc12. The Morgan fingerprint density at radius 3 is 2.73 bits per heavy atom. The number of halogens is 3. The van der Waals surface area contributed by atoms with Crippen LogP contribution in [0, 0.1) is 0 Å². The maximum Gasteiger partial charge on any atom is 0.416 e. The molecule has 0 aliphatic carbocycles. The van der Waals surface area contributed by atoms with Gasteiger partial charge in [0.25, 0.3) is 0 Å². The Morgan fingerprint density at radius 2 is 2.00 bits per heavy atom. The summed E-state index contributed by atoms with van der Waals surface area (Å²) in [7, 11) is 0. The van der Waals surface area contributed by atoms with E-state index in [0.29, 0.717) is 12.1 Å². The molecular formula is C19H17F3N2O2. The van der Waals surface area contributed by atoms with Crippen LogP contribution in [-0.4, -0.2) is 17.5 Å². The van der Waals surface area contributed by atoms with E-state index in [1.54, 1.807) is 6.20 Å². The van der Waals surface area contributed by atoms with Crippen molar-refractivity contribution >= 4 is 22.5 Å². The standard InChI is InChI=1S/C19H17F3N2O2/c1-12(25)24-18-11-23-17-6-5-13(9-16(17)18)7-8-26-15-4-2-3-14(10-15)19(20,21)22/h2-6,9-11,23H,7-8H2,1H3,(H,24,25). The third kappa shape index (κ3) is 4.17. The highest BCUT2D eigenvalue weighted by Crippen LogP contribution is 2.31. The van der Waals surface area contributed by atoms with Gasteiger partial charge >= 0.3 is 6.18 Å². The first-order valence-electron chi connectivity index (χ1n) is 8.00. The summed E-state index contributed by atoms with van der Waals surface area (Å²) in [6, 6.07) is 10.5. The summed E-state index contributed by atoms with van der Waals surface area (Å²) in [4.78, 5) is 14.3. The largest absolute Gasteiger partial charge is 0.493 e. The number of aromatic amines is 1. The molecule has 0 spiro atoms. The maximum atomic E-state index is 12.7. The highest BCUT2D eigenvalue weighted by Gasteiger charge is 2.30. The zero-order valence-electron chi connectivity index (χ0n) is 14.0. The summed E-state index contributed by atoms with van der Waals surface area (Å²) in [6.07, 6.45) is -2.15. The van der Waals surface area contributed by atoms with Gasteiger partial charge in [-0.1, -0.05) is 12.1 Å². The van der Waals surface area contributed by atoms with E-state index in [2.05, 4.69) is 10.3 Å². The first kappa shape index (κ1) is 17.8. The number of carbonyl (C=O) groups is 1. The highest BCUT2D eigenvalue weighted by atomic mass is 19.4. The smallest absolute Gasteiger partial charge is 0.416 e. The molecule has 2 N–H and O–H groups in total. The molecule has 0 bridgehead atoms. The monoisotopic (exact) mass is 362 g/mol. The Kier molecular flexibility index (Phi) is 4.88. The summed E-state index contributed by atoms with van der Waals surface area (Å²) in [6.45, 7) is 1.68. The van der Waals surface area contributed by atoms with Gasteiger partial charge in [0.15, 0.2) is 0 Å². The number of H-pyrrole nitrogens is 1. The van der Waals surface area contributed by atoms with E-state index in [9.17, 15) is 18.0 Å². The molecule has 3 rings (SSSR count). The van der Waals surface area contributed by atoms with Gasteiger partial charge < -0.3 is 15.0 Å². The van der Waals surface area contributed by atoms with Crippen LogP contribution >= 0.6 is 0 Å². The lowest BCUT2D eigenvalue weighted by Crippen LogP contribution is -2.06. The highest BCUT2D eigenvalue weighted by molar-refractivity contribution is 6.01. The van der Waals surface area contributed by atoms with Crippen LogP contribution in [0.1, 0.15) is 18.1 Å². The Hall–Kier alpha value is -2.96. The Labute approximate surface area is 148 Å². The summed E-state index contributed by atoms with van der Waals surface area (Å²) < 4.78 is 43.6. The number of amides is 1. The molecule has 4 nitrogen and oxygen atoms in total. The zero-order chi connectivity index (χ0) is 18.7. The van der Waals surface area contributed by atoms with E-state index in [4.69, 9.17) is 4.74 Å². The van der Waals surface area contributed by atoms with E-state index in [0.717, 1.165) is 28.6 Å². The third-order valence-corrected chi connectivity index (χ3v) is 3.88. The van der Waals surface area contributed by atoms with E-state index < -0.39 is 11.7 Å². The van der Waals surface area contributed by atoms with Crippen molar-refractivity contribution in [3.63, 3.8) is 0 Å². The number of alkyl halides is 3. The van der Waals surface area contributed by atoms with Crippen molar-refractivity contribution < 1.29 is 22.7 Å². The van der Waals surface area contributed by atoms with Crippen LogP contribution in [0.4, 0.5) is 18.9 Å². The Balaban J connectivity index is 1.67. The second-order valence-corrected chi connectivity index (χ2v) is 5.89. The van der Waals surface area contributed by atoms with Crippen molar-refractivity contribution in [2.45, 2.75) is 19.5 Å². The van der Waals surface area contributed by atoms with Crippen LogP contribution in [0.2, 0.25) is 0 Å². The number of ether oxygens (including phenoxy) is 1. The molecule has 0 atom stereocenters. The van der Waals surface area contributed by atoms with Crippen LogP contribution in [-0.2, 0) is 17.4 Å². The summed E-state index contributed by atoms with van der Waals surface area (Å²) in [5.41, 5.74) is 1.80. The van der Waals surface area contributed by atoms with Crippen molar-refractivity contribution in [3.8, 4) is 5.75 Å². The lowest BCUT2D eigenvalue weighted by Gasteiger charge is -2.10. The molecule has 0 aliphatic heterocycles. The van der Waals surface area contributed by atoms with E-state index in [-0.39, 0.29) is 18.3 Å². The number of hydrogen-bond donors (Lipinski definition) is 2. The third-order valence-electron chi connectivity index (χ3n) is 3.88. The van der Waals surface area contributed by atoms with Crippen molar-refractivity contribution in [2.75, 3.05) is 11.9 Å². The topological polar surface area (TPSA) is 54.1 Å². The molecule has 2 aromatic carbocycles. The number of rotatable bonds is 5. The quantitative estimate of drug-likeness (QED) is 0.687. The minimum Gasteiger partial charge on any atom is -0.493 e. The molecule has 1 amide bonds. The maximum absolute atomic E-state index is 12.7. The molecule has 26 heavy (non-hydrogen) atoms. The van der Waals surface area contributed by atoms with Gasteiger partial charge in [0.2, 0.25) is 5.91 Å². The average Bonchev–Trinajstić information content (AvgIpc) is 2.96. The van der Waals surface area contributed by atoms with Crippen LogP contribution in [0.3, 0.4) is 0 Å². The first-order chi connectivity index (χ1) is 12.3. The van der Waals surface area contributed by atoms with E-state index in [1.807, 2.05) is 18.2 Å². The number of aromatic nitrogens is 1. The summed E-state index contributed by atoms with van der Waals surface area (Å²) >= 11 is 0. The number of anilines is 1. The van der Waals surface area contributed by atoms with Crippen LogP contribution in [0.15, 0.2) is 48.7 Å². The van der Waals surface area contributed by atoms with Crippen LogP contribution in [0.5, 0.6) is 5.75 Å². The van der Waals surface area contributed by atoms with Crippen LogP contribution < -0.4 is 10.1 Å². The second kappa shape index (κ2) is 7.11. The first-order valence-corrected chi connectivity index (χ1v) is 8.00. The molecule has 0 unspecified atom stereocenters. The van der Waals surface area contributed by atoms with Gasteiger partial charge in [0.1, 0.15) is 5.75 Å². The predicted molar refractivity (Wildman–Crippen MR) is 93.2 cm³/mol. The van der Waals surface area contributed by atoms with Crippen molar-refractivity contribution in [1.29, 1.82) is 0 Å². The molecule has 0 fully saturated rings. The van der Waals surface area contributed by atoms with Gasteiger partial charge in [-0.3, -0.25) is 4.79 Å². The minimum atomic E-state index is -4.39. The molecule has 3 aromatic rings. The second-order valence-electron chi connectivity index (χ2n) is 5.89. The lowest BCUT2D eigenvalue weighted by molar-refractivity contribution is -0.137. The number of fused-ring (bicyclic) bond motifs is 1. The minimum absolute atomic E-state index is 0.163. The molecule has 136 valence electrons. The summed E-state index contributed by atoms with van der Waals surface area (Å²) in [5, 5.41) is 3.62. The van der Waals surface area contributed by atoms with Crippen molar-refractivity contribution in [3.05, 3.63) is 59.8 Å². The zero-order valence-corrected chi connectivity index (χ0v) is 14.0. The van der Waals surface area contributed by atoms with Crippen LogP contribution in [0.25, 0.3) is 10.9 Å². The Morgan fingerprint density at radius 1 is 1.19 bits per heavy atom. The fraction of sp³-hybridized carbons (Fsp3) is 0.211. The van der Waals surface area contributed by atoms with E-state index >= 15 is 0 Å². The van der Waals surface area contributed by atoms with Gasteiger partial charge in [-0.2, -0.15) is 13.2 Å². The fourth-order valence-electron chi connectivity index (χ4n) is 2.67. The van der Waals surface area contributed by atoms with E-state index in [1.165, 1.54) is 19.1 Å². The molecule has 0 saturated heterocycles. The molecule has 7 heteroatoms. The number of nitrogens with one attached hydrogen (secondary N) is 2. The van der Waals surface area contributed by atoms with Crippen molar-refractivity contribution in [1.82, 2.24) is 4.98 Å². The Bertz CT molecular complexity index is 932. The molecular weight excluding hydrogens is 345 g/mol. The molecule has 1 heterocycles. The molecule has 0 aliphatic rings. The van der Waals surface area contributed by atoms with Gasteiger partial charge in [0, 0.05) is 30.4 Å². The molecule has 0 radical (unpaired) electrons. The fourth-order valence-corrected chi connectivity index (χ4v) is 2.67. The van der Waals surface area contributed by atoms with Crippen molar-refractivity contribution in [2.24, 2.45) is 0 Å². The van der Waals surface area contributed by atoms with Gasteiger partial charge in [-0.25, -0.2) is 0 Å². The number of carbonyl (C=O) groups excluding carboxylic acids is 1. The lowest BCUT2D eigenvalue weighted by atomic mass is 10.1. The normalized spacial score (nSPS) is 11.5. The average molecular weight is 362 g/mol. The van der Waals surface area contributed by atoms with Gasteiger partial charge in [-0.15, -0.1) is 0 Å². The number of benzene rings is 2. The number of hydrogen-bond acceptors (Lipinski definition) is 2. The molecule has 1 aromatic heterocycles. The van der Waals surface area contributed by atoms with Gasteiger partial charge in [-0.05, 0) is 35.9 Å². The van der Waals surface area contributed by atoms with Gasteiger partial charge in [0.05, 0.1) is 17.9 Å².